The molecular weight excluding hydrogens is 306 g/mol. The predicted molar refractivity (Wildman–Crippen MR) is 107 cm³/mol. The molecule has 0 bridgehead atoms. The number of aryl methyl sites for hydroxylation is 2. The lowest BCUT2D eigenvalue weighted by Crippen LogP contribution is -2.25. The normalized spacial score (nSPS) is 13.0. The Kier molecular flexibility index (Phi) is 5.84. The highest BCUT2D eigenvalue weighted by molar-refractivity contribution is 5.92. The lowest BCUT2D eigenvalue weighted by molar-refractivity contribution is -0.117. The van der Waals surface area contributed by atoms with E-state index in [-0.39, 0.29) is 17.4 Å². The third-order valence-corrected chi connectivity index (χ3v) is 4.46. The van der Waals surface area contributed by atoms with Gasteiger partial charge in [0.05, 0.1) is 6.04 Å². The Morgan fingerprint density at radius 2 is 1.68 bits per heavy atom. The van der Waals surface area contributed by atoms with E-state index < -0.39 is 0 Å². The molecule has 1 atom stereocenters. The third kappa shape index (κ3) is 5.32. The molecule has 1 unspecified atom stereocenters. The van der Waals surface area contributed by atoms with E-state index in [0.717, 1.165) is 11.1 Å². The fourth-order valence-electron chi connectivity index (χ4n) is 2.83. The maximum absolute atomic E-state index is 12.2. The average molecular weight is 335 g/mol. The first kappa shape index (κ1) is 19.0. The molecule has 2 heteroatoms. The Labute approximate surface area is 152 Å². The van der Waals surface area contributed by atoms with Gasteiger partial charge in [0, 0.05) is 6.08 Å². The molecule has 2 aromatic rings. The highest BCUT2D eigenvalue weighted by atomic mass is 16.1. The van der Waals surface area contributed by atoms with Crippen LogP contribution in [0.2, 0.25) is 0 Å². The zero-order valence-electron chi connectivity index (χ0n) is 16.2. The summed E-state index contributed by atoms with van der Waals surface area (Å²) in [6.07, 6.45) is 3.46. The van der Waals surface area contributed by atoms with E-state index in [9.17, 15) is 4.79 Å². The molecule has 0 spiro atoms. The molecule has 2 aromatic carbocycles. The van der Waals surface area contributed by atoms with Crippen molar-refractivity contribution in [1.82, 2.24) is 5.32 Å². The Morgan fingerprint density at radius 3 is 2.28 bits per heavy atom. The minimum Gasteiger partial charge on any atom is -0.346 e. The van der Waals surface area contributed by atoms with Gasteiger partial charge in [0.25, 0.3) is 0 Å². The van der Waals surface area contributed by atoms with Gasteiger partial charge in [0.15, 0.2) is 0 Å². The molecule has 0 aliphatic carbocycles. The molecule has 0 aliphatic heterocycles. The van der Waals surface area contributed by atoms with Crippen molar-refractivity contribution in [2.75, 3.05) is 0 Å². The van der Waals surface area contributed by atoms with Crippen molar-refractivity contribution in [3.05, 3.63) is 76.4 Å². The van der Waals surface area contributed by atoms with Gasteiger partial charge in [0.2, 0.25) is 5.91 Å². The molecule has 2 nitrogen and oxygen atoms in total. The first-order valence-corrected chi connectivity index (χ1v) is 8.83. The molecule has 132 valence electrons. The number of carbonyl (C=O) groups excluding carboxylic acids is 1. The third-order valence-electron chi connectivity index (χ3n) is 4.46. The first-order valence-electron chi connectivity index (χ1n) is 8.83. The van der Waals surface area contributed by atoms with Crippen molar-refractivity contribution in [2.45, 2.75) is 53.0 Å². The summed E-state index contributed by atoms with van der Waals surface area (Å²) in [6, 6.07) is 14.7. The van der Waals surface area contributed by atoms with Crippen LogP contribution < -0.4 is 5.32 Å². The van der Waals surface area contributed by atoms with Crippen LogP contribution in [0.25, 0.3) is 6.08 Å². The van der Waals surface area contributed by atoms with Crippen molar-refractivity contribution in [3.8, 4) is 0 Å². The van der Waals surface area contributed by atoms with Gasteiger partial charge in [-0.1, -0.05) is 68.8 Å². The summed E-state index contributed by atoms with van der Waals surface area (Å²) >= 11 is 0. The van der Waals surface area contributed by atoms with Crippen molar-refractivity contribution in [1.29, 1.82) is 0 Å². The molecular formula is C23H29NO. The summed E-state index contributed by atoms with van der Waals surface area (Å²) < 4.78 is 0. The summed E-state index contributed by atoms with van der Waals surface area (Å²) in [5.74, 6) is -0.0756. The second-order valence-electron chi connectivity index (χ2n) is 7.80. The molecule has 1 amide bonds. The SMILES string of the molecule is Cc1ccc(C)c(C(C)NC(=O)/C=C/c2ccc(C(C)(C)C)cc2)c1. The molecule has 0 heterocycles. The van der Waals surface area contributed by atoms with Gasteiger partial charge in [-0.25, -0.2) is 0 Å². The molecule has 0 aromatic heterocycles. The van der Waals surface area contributed by atoms with E-state index in [1.54, 1.807) is 6.08 Å². The molecule has 1 N–H and O–H groups in total. The quantitative estimate of drug-likeness (QED) is 0.735. The minimum atomic E-state index is -0.0756. The maximum atomic E-state index is 12.2. The summed E-state index contributed by atoms with van der Waals surface area (Å²) in [6.45, 7) is 12.7. The lowest BCUT2D eigenvalue weighted by Gasteiger charge is -2.18. The van der Waals surface area contributed by atoms with Crippen LogP contribution >= 0.6 is 0 Å². The second-order valence-corrected chi connectivity index (χ2v) is 7.80. The Morgan fingerprint density at radius 1 is 1.04 bits per heavy atom. The number of amides is 1. The fourth-order valence-corrected chi connectivity index (χ4v) is 2.83. The average Bonchev–Trinajstić information content (AvgIpc) is 2.54. The fraction of sp³-hybridized carbons (Fsp3) is 0.348. The Bertz CT molecular complexity index is 764. The van der Waals surface area contributed by atoms with Crippen LogP contribution in [-0.4, -0.2) is 5.91 Å². The summed E-state index contributed by atoms with van der Waals surface area (Å²) in [5, 5.41) is 3.04. The van der Waals surface area contributed by atoms with Crippen LogP contribution in [-0.2, 0) is 10.2 Å². The number of rotatable bonds is 4. The molecule has 0 aliphatic rings. The van der Waals surface area contributed by atoms with Gasteiger partial charge in [-0.05, 0) is 54.5 Å². The van der Waals surface area contributed by atoms with Crippen LogP contribution in [0.1, 0.15) is 61.6 Å². The molecule has 0 radical (unpaired) electrons. The van der Waals surface area contributed by atoms with Gasteiger partial charge >= 0.3 is 0 Å². The van der Waals surface area contributed by atoms with Gasteiger partial charge < -0.3 is 5.32 Å². The van der Waals surface area contributed by atoms with E-state index in [4.69, 9.17) is 0 Å². The highest BCUT2D eigenvalue weighted by Crippen LogP contribution is 2.22. The second kappa shape index (κ2) is 7.69. The van der Waals surface area contributed by atoms with Crippen molar-refractivity contribution >= 4 is 12.0 Å². The lowest BCUT2D eigenvalue weighted by atomic mass is 9.87. The van der Waals surface area contributed by atoms with E-state index in [0.29, 0.717) is 0 Å². The topological polar surface area (TPSA) is 29.1 Å². The highest BCUT2D eigenvalue weighted by Gasteiger charge is 2.13. The van der Waals surface area contributed by atoms with Crippen LogP contribution in [0.5, 0.6) is 0 Å². The maximum Gasteiger partial charge on any atom is 0.244 e. The van der Waals surface area contributed by atoms with E-state index in [1.165, 1.54) is 16.7 Å². The van der Waals surface area contributed by atoms with E-state index in [1.807, 2.05) is 13.0 Å². The van der Waals surface area contributed by atoms with Crippen molar-refractivity contribution < 1.29 is 4.79 Å². The number of hydrogen-bond donors (Lipinski definition) is 1. The number of hydrogen-bond acceptors (Lipinski definition) is 1. The number of nitrogens with one attached hydrogen (secondary N) is 1. The minimum absolute atomic E-state index is 0.0136. The molecule has 25 heavy (non-hydrogen) atoms. The Hall–Kier alpha value is -2.35. The van der Waals surface area contributed by atoms with Crippen LogP contribution in [0, 0.1) is 13.8 Å². The van der Waals surface area contributed by atoms with Crippen LogP contribution in [0.4, 0.5) is 0 Å². The van der Waals surface area contributed by atoms with E-state index in [2.05, 4.69) is 82.4 Å². The summed E-state index contributed by atoms with van der Waals surface area (Å²) in [5.41, 5.74) is 6.02. The summed E-state index contributed by atoms with van der Waals surface area (Å²) in [4.78, 5) is 12.2. The van der Waals surface area contributed by atoms with Gasteiger partial charge in [-0.2, -0.15) is 0 Å². The molecule has 0 fully saturated rings. The van der Waals surface area contributed by atoms with E-state index >= 15 is 0 Å². The van der Waals surface area contributed by atoms with Gasteiger partial charge in [-0.15, -0.1) is 0 Å². The van der Waals surface area contributed by atoms with Crippen LogP contribution in [0.3, 0.4) is 0 Å². The number of benzene rings is 2. The smallest absolute Gasteiger partial charge is 0.244 e. The van der Waals surface area contributed by atoms with Gasteiger partial charge in [0.1, 0.15) is 0 Å². The Balaban J connectivity index is 2.02. The predicted octanol–water partition coefficient (Wildman–Crippen LogP) is 5.49. The summed E-state index contributed by atoms with van der Waals surface area (Å²) in [7, 11) is 0. The van der Waals surface area contributed by atoms with Crippen LogP contribution in [0.15, 0.2) is 48.5 Å². The van der Waals surface area contributed by atoms with Gasteiger partial charge in [-0.3, -0.25) is 4.79 Å². The standard InChI is InChI=1S/C23H29NO/c1-16-7-8-17(2)21(15-16)18(3)24-22(25)14-11-19-9-12-20(13-10-19)23(4,5)6/h7-15,18H,1-6H3,(H,24,25)/b14-11+. The monoisotopic (exact) mass is 335 g/mol. The number of carbonyl (C=O) groups is 1. The van der Waals surface area contributed by atoms with Crippen molar-refractivity contribution in [2.24, 2.45) is 0 Å². The zero-order valence-corrected chi connectivity index (χ0v) is 16.2. The molecule has 2 rings (SSSR count). The zero-order chi connectivity index (χ0) is 18.6. The largest absolute Gasteiger partial charge is 0.346 e. The molecule has 0 saturated heterocycles. The first-order chi connectivity index (χ1) is 11.7. The molecule has 0 saturated carbocycles. The van der Waals surface area contributed by atoms with Crippen molar-refractivity contribution in [3.63, 3.8) is 0 Å².